The SMILES string of the molecule is Cc1c(C(=O)N2CCC(F)(F)CC2)cnn1-c1nc2c(c(=O)[nH]1)CC(C)(C)C2. The number of aromatic amines is 1. The van der Waals surface area contributed by atoms with E-state index in [2.05, 4.69) is 28.9 Å². The van der Waals surface area contributed by atoms with E-state index < -0.39 is 5.92 Å². The normalized spacial score (nSPS) is 20.2. The molecule has 0 radical (unpaired) electrons. The van der Waals surface area contributed by atoms with Crippen LogP contribution in [0.15, 0.2) is 11.0 Å². The van der Waals surface area contributed by atoms with Crippen LogP contribution < -0.4 is 5.56 Å². The zero-order valence-electron chi connectivity index (χ0n) is 16.2. The number of piperidine rings is 1. The van der Waals surface area contributed by atoms with Gasteiger partial charge >= 0.3 is 0 Å². The average molecular weight is 391 g/mol. The van der Waals surface area contributed by atoms with Gasteiger partial charge in [0.1, 0.15) is 0 Å². The van der Waals surface area contributed by atoms with E-state index in [1.807, 2.05) is 0 Å². The summed E-state index contributed by atoms with van der Waals surface area (Å²) in [6, 6.07) is 0. The predicted molar refractivity (Wildman–Crippen MR) is 98.0 cm³/mol. The van der Waals surface area contributed by atoms with E-state index in [1.54, 1.807) is 6.92 Å². The number of hydrogen-bond acceptors (Lipinski definition) is 4. The first-order valence-electron chi connectivity index (χ1n) is 9.40. The molecule has 1 aliphatic heterocycles. The maximum atomic E-state index is 13.4. The quantitative estimate of drug-likeness (QED) is 0.851. The van der Waals surface area contributed by atoms with Crippen molar-refractivity contribution in [1.29, 1.82) is 0 Å². The number of hydrogen-bond donors (Lipinski definition) is 1. The number of halogens is 2. The van der Waals surface area contributed by atoms with Crippen molar-refractivity contribution in [1.82, 2.24) is 24.6 Å². The highest BCUT2D eigenvalue weighted by Crippen LogP contribution is 2.33. The van der Waals surface area contributed by atoms with Crippen LogP contribution in [-0.4, -0.2) is 49.6 Å². The third-order valence-electron chi connectivity index (χ3n) is 5.61. The largest absolute Gasteiger partial charge is 0.338 e. The first-order chi connectivity index (χ1) is 13.1. The number of nitrogens with zero attached hydrogens (tertiary/aromatic N) is 4. The Labute approximate surface area is 160 Å². The summed E-state index contributed by atoms with van der Waals surface area (Å²) in [5.74, 6) is -2.77. The van der Waals surface area contributed by atoms with Gasteiger partial charge < -0.3 is 4.90 Å². The molecule has 150 valence electrons. The van der Waals surface area contributed by atoms with E-state index in [-0.39, 0.29) is 48.8 Å². The fraction of sp³-hybridized carbons (Fsp3) is 0.579. The highest BCUT2D eigenvalue weighted by Gasteiger charge is 2.37. The summed E-state index contributed by atoms with van der Waals surface area (Å²) in [6.07, 6.45) is 2.12. The summed E-state index contributed by atoms with van der Waals surface area (Å²) in [6.45, 7) is 5.91. The van der Waals surface area contributed by atoms with Gasteiger partial charge in [0.15, 0.2) is 0 Å². The van der Waals surface area contributed by atoms with Crippen LogP contribution in [-0.2, 0) is 12.8 Å². The summed E-state index contributed by atoms with van der Waals surface area (Å²) in [4.78, 5) is 34.0. The minimum atomic E-state index is -2.71. The number of aromatic nitrogens is 4. The van der Waals surface area contributed by atoms with Crippen molar-refractivity contribution in [3.8, 4) is 5.95 Å². The lowest BCUT2D eigenvalue weighted by molar-refractivity contribution is -0.0494. The molecule has 1 N–H and O–H groups in total. The Bertz CT molecular complexity index is 998. The molecular weight excluding hydrogens is 368 g/mol. The Balaban J connectivity index is 1.63. The number of alkyl halides is 2. The Hall–Kier alpha value is -2.58. The van der Waals surface area contributed by atoms with Crippen LogP contribution >= 0.6 is 0 Å². The van der Waals surface area contributed by atoms with E-state index in [1.165, 1.54) is 15.8 Å². The van der Waals surface area contributed by atoms with Crippen LogP contribution in [0.2, 0.25) is 0 Å². The number of fused-ring (bicyclic) bond motifs is 1. The van der Waals surface area contributed by atoms with Gasteiger partial charge in [-0.25, -0.2) is 18.4 Å². The van der Waals surface area contributed by atoms with E-state index >= 15 is 0 Å². The molecule has 4 rings (SSSR count). The average Bonchev–Trinajstić information content (AvgIpc) is 3.13. The second-order valence-electron chi connectivity index (χ2n) is 8.54. The van der Waals surface area contributed by atoms with Crippen LogP contribution in [0, 0.1) is 12.3 Å². The molecule has 0 aromatic carbocycles. The molecule has 0 spiro atoms. The third-order valence-corrected chi connectivity index (χ3v) is 5.61. The van der Waals surface area contributed by atoms with Gasteiger partial charge in [-0.15, -0.1) is 0 Å². The van der Waals surface area contributed by atoms with Gasteiger partial charge in [0.25, 0.3) is 17.4 Å². The maximum absolute atomic E-state index is 13.4. The highest BCUT2D eigenvalue weighted by atomic mass is 19.3. The van der Waals surface area contributed by atoms with Gasteiger partial charge in [0.05, 0.1) is 23.1 Å². The molecule has 1 amide bonds. The van der Waals surface area contributed by atoms with Crippen molar-refractivity contribution in [2.45, 2.75) is 52.4 Å². The molecule has 1 aliphatic carbocycles. The molecule has 0 unspecified atom stereocenters. The monoisotopic (exact) mass is 391 g/mol. The molecule has 9 heteroatoms. The smallest absolute Gasteiger partial charge is 0.257 e. The first kappa shape index (κ1) is 18.8. The Morgan fingerprint density at radius 1 is 1.21 bits per heavy atom. The van der Waals surface area contributed by atoms with Gasteiger partial charge in [-0.2, -0.15) is 5.10 Å². The lowest BCUT2D eigenvalue weighted by Crippen LogP contribution is -2.42. The number of H-pyrrole nitrogens is 1. The third kappa shape index (κ3) is 3.22. The molecule has 0 atom stereocenters. The van der Waals surface area contributed by atoms with Crippen LogP contribution in [0.4, 0.5) is 8.78 Å². The zero-order chi connectivity index (χ0) is 20.3. The second kappa shape index (κ2) is 6.22. The molecule has 3 heterocycles. The van der Waals surface area contributed by atoms with Gasteiger partial charge in [-0.05, 0) is 25.2 Å². The van der Waals surface area contributed by atoms with Crippen molar-refractivity contribution < 1.29 is 13.6 Å². The Morgan fingerprint density at radius 3 is 2.57 bits per heavy atom. The van der Waals surface area contributed by atoms with Crippen molar-refractivity contribution >= 4 is 5.91 Å². The molecule has 28 heavy (non-hydrogen) atoms. The maximum Gasteiger partial charge on any atom is 0.257 e. The Kier molecular flexibility index (Phi) is 4.17. The lowest BCUT2D eigenvalue weighted by atomic mass is 9.91. The zero-order valence-corrected chi connectivity index (χ0v) is 16.2. The summed E-state index contributed by atoms with van der Waals surface area (Å²) in [5.41, 5.74) is 2.09. The predicted octanol–water partition coefficient (Wildman–Crippen LogP) is 2.26. The van der Waals surface area contributed by atoms with Crippen LogP contribution in [0.25, 0.3) is 5.95 Å². The molecule has 2 aliphatic rings. The summed E-state index contributed by atoms with van der Waals surface area (Å²) >= 11 is 0. The molecule has 0 bridgehead atoms. The second-order valence-corrected chi connectivity index (χ2v) is 8.54. The highest BCUT2D eigenvalue weighted by molar-refractivity contribution is 5.95. The number of carbonyl (C=O) groups excluding carboxylic acids is 1. The van der Waals surface area contributed by atoms with Gasteiger partial charge in [0.2, 0.25) is 5.95 Å². The lowest BCUT2D eigenvalue weighted by Gasteiger charge is -2.31. The van der Waals surface area contributed by atoms with Crippen molar-refractivity contribution in [3.63, 3.8) is 0 Å². The molecule has 2 aromatic rings. The fourth-order valence-corrected chi connectivity index (χ4v) is 3.99. The first-order valence-corrected chi connectivity index (χ1v) is 9.40. The number of nitrogens with one attached hydrogen (secondary N) is 1. The van der Waals surface area contributed by atoms with E-state index in [0.29, 0.717) is 29.7 Å². The van der Waals surface area contributed by atoms with Crippen molar-refractivity contribution in [2.24, 2.45) is 5.41 Å². The molecule has 7 nitrogen and oxygen atoms in total. The van der Waals surface area contributed by atoms with E-state index in [4.69, 9.17) is 0 Å². The summed E-state index contributed by atoms with van der Waals surface area (Å²) in [5, 5.41) is 4.22. The topological polar surface area (TPSA) is 83.9 Å². The van der Waals surface area contributed by atoms with E-state index in [9.17, 15) is 18.4 Å². The summed E-state index contributed by atoms with van der Waals surface area (Å²) in [7, 11) is 0. The van der Waals surface area contributed by atoms with Crippen molar-refractivity contribution in [2.75, 3.05) is 13.1 Å². The van der Waals surface area contributed by atoms with Gasteiger partial charge in [-0.3, -0.25) is 14.6 Å². The number of likely N-dealkylation sites (tertiary alicyclic amines) is 1. The van der Waals surface area contributed by atoms with Crippen LogP contribution in [0.3, 0.4) is 0 Å². The van der Waals surface area contributed by atoms with Crippen LogP contribution in [0.1, 0.15) is 54.0 Å². The van der Waals surface area contributed by atoms with Crippen molar-refractivity contribution in [3.05, 3.63) is 39.1 Å². The van der Waals surface area contributed by atoms with E-state index in [0.717, 1.165) is 5.69 Å². The minimum Gasteiger partial charge on any atom is -0.338 e. The molecule has 1 fully saturated rings. The Morgan fingerprint density at radius 2 is 1.89 bits per heavy atom. The van der Waals surface area contributed by atoms with Gasteiger partial charge in [-0.1, -0.05) is 13.8 Å². The molecule has 1 saturated heterocycles. The molecule has 2 aromatic heterocycles. The summed E-state index contributed by atoms with van der Waals surface area (Å²) < 4.78 is 28.1. The standard InChI is InChI=1S/C19H23F2N5O2/c1-11-13(16(28)25-6-4-19(20,21)5-7-25)10-22-26(11)17-23-14-9-18(2,3)8-12(14)15(27)24-17/h10H,4-9H2,1-3H3,(H,23,24,27). The number of rotatable bonds is 2. The van der Waals surface area contributed by atoms with Gasteiger partial charge in [0, 0.05) is 31.5 Å². The number of amides is 1. The molecular formula is C19H23F2N5O2. The van der Waals surface area contributed by atoms with Crippen LogP contribution in [0.5, 0.6) is 0 Å². The minimum absolute atomic E-state index is 0.0134. The molecule has 0 saturated carbocycles. The fourth-order valence-electron chi connectivity index (χ4n) is 3.99. The number of carbonyl (C=O) groups is 1.